The molecule has 2 heterocycles. The number of hydrogen-bond donors (Lipinski definition) is 2. The second-order valence-corrected chi connectivity index (χ2v) is 9.44. The average Bonchev–Trinajstić information content (AvgIpc) is 3.58. The minimum Gasteiger partial charge on any atom is -0.481 e. The van der Waals surface area contributed by atoms with Crippen molar-refractivity contribution >= 4 is 34.4 Å². The Balaban J connectivity index is 1.21. The summed E-state index contributed by atoms with van der Waals surface area (Å²) in [4.78, 5) is 42.5. The highest BCUT2D eigenvalue weighted by Gasteiger charge is 2.40. The van der Waals surface area contributed by atoms with Crippen LogP contribution in [0.1, 0.15) is 26.7 Å². The van der Waals surface area contributed by atoms with E-state index in [0.29, 0.717) is 4.88 Å². The molecular formula is C25H23N3O6S. The van der Waals surface area contributed by atoms with Crippen LogP contribution in [-0.2, 0) is 14.3 Å². The highest BCUT2D eigenvalue weighted by atomic mass is 32.1. The molecule has 10 heteroatoms. The minimum absolute atomic E-state index is 0.0553. The first kappa shape index (κ1) is 23.0. The number of anilines is 1. The van der Waals surface area contributed by atoms with E-state index in [0.717, 1.165) is 33.6 Å². The molecule has 0 saturated carbocycles. The van der Waals surface area contributed by atoms with Gasteiger partial charge in [0, 0.05) is 26.1 Å². The molecule has 2 amide bonds. The number of carboxylic acids is 1. The fraction of sp³-hybridized carbons (Fsp3) is 0.280. The number of fused-ring (bicyclic) bond motifs is 3. The lowest BCUT2D eigenvalue weighted by molar-refractivity contribution is -0.144. The van der Waals surface area contributed by atoms with Gasteiger partial charge in [0.15, 0.2) is 5.13 Å². The molecule has 35 heavy (non-hydrogen) atoms. The first-order valence-electron chi connectivity index (χ1n) is 11.1. The molecule has 2 unspecified atom stereocenters. The summed E-state index contributed by atoms with van der Waals surface area (Å²) in [6.45, 7) is 0.402. The molecule has 2 atom stereocenters. The van der Waals surface area contributed by atoms with Crippen LogP contribution < -0.4 is 5.32 Å². The van der Waals surface area contributed by atoms with E-state index < -0.39 is 24.1 Å². The fourth-order valence-corrected chi connectivity index (χ4v) is 5.49. The van der Waals surface area contributed by atoms with Crippen molar-refractivity contribution in [2.24, 2.45) is 5.92 Å². The zero-order valence-corrected chi connectivity index (χ0v) is 19.7. The molecule has 0 bridgehead atoms. The molecule has 5 rings (SSSR count). The van der Waals surface area contributed by atoms with E-state index in [-0.39, 0.29) is 36.7 Å². The number of nitrogens with one attached hydrogen (secondary N) is 1. The van der Waals surface area contributed by atoms with E-state index >= 15 is 0 Å². The molecule has 2 aromatic carbocycles. The normalized spacial score (nSPS) is 18.7. The van der Waals surface area contributed by atoms with Crippen molar-refractivity contribution in [2.45, 2.75) is 12.0 Å². The van der Waals surface area contributed by atoms with Crippen LogP contribution in [0.3, 0.4) is 0 Å². The Hall–Kier alpha value is -3.76. The van der Waals surface area contributed by atoms with Crippen LogP contribution >= 0.6 is 11.3 Å². The number of likely N-dealkylation sites (tertiary alicyclic amines) is 1. The predicted octanol–water partition coefficient (Wildman–Crippen LogP) is 3.68. The molecule has 3 aromatic rings. The van der Waals surface area contributed by atoms with Crippen molar-refractivity contribution < 1.29 is 29.0 Å². The smallest absolute Gasteiger partial charge is 0.413 e. The molecule has 0 spiro atoms. The van der Waals surface area contributed by atoms with Gasteiger partial charge in [0.05, 0.1) is 12.3 Å². The zero-order chi connectivity index (χ0) is 24.5. The van der Waals surface area contributed by atoms with E-state index in [1.165, 1.54) is 18.2 Å². The van der Waals surface area contributed by atoms with Crippen LogP contribution in [0.2, 0.25) is 0 Å². The van der Waals surface area contributed by atoms with Gasteiger partial charge in [0.1, 0.15) is 17.4 Å². The molecule has 0 radical (unpaired) electrons. The van der Waals surface area contributed by atoms with Crippen LogP contribution in [-0.4, -0.2) is 65.9 Å². The molecule has 1 fully saturated rings. The standard InChI is InChI=1S/C25H23N3O6S/c1-33-20-12-28(11-18(20)23(30)31)22(29)21-10-26-24(35-21)27-25(32)34-13-19-16-8-4-2-6-14(16)15-7-3-5-9-17(15)19/h2-10,18-20H,11-13H2,1H3,(H,30,31)(H,26,27,32). The first-order chi connectivity index (χ1) is 17.0. The van der Waals surface area contributed by atoms with Gasteiger partial charge in [-0.3, -0.25) is 14.9 Å². The number of ether oxygens (including phenoxy) is 2. The summed E-state index contributed by atoms with van der Waals surface area (Å²) >= 11 is 1.01. The highest BCUT2D eigenvalue weighted by molar-refractivity contribution is 7.17. The van der Waals surface area contributed by atoms with Gasteiger partial charge in [-0.2, -0.15) is 0 Å². The molecule has 2 aliphatic rings. The lowest BCUT2D eigenvalue weighted by Crippen LogP contribution is -2.29. The van der Waals surface area contributed by atoms with Crippen molar-refractivity contribution in [3.63, 3.8) is 0 Å². The van der Waals surface area contributed by atoms with Gasteiger partial charge in [-0.1, -0.05) is 59.9 Å². The maximum Gasteiger partial charge on any atom is 0.413 e. The monoisotopic (exact) mass is 493 g/mol. The van der Waals surface area contributed by atoms with Gasteiger partial charge in [-0.25, -0.2) is 9.78 Å². The van der Waals surface area contributed by atoms with E-state index in [1.54, 1.807) is 0 Å². The van der Waals surface area contributed by atoms with Crippen LogP contribution in [0.25, 0.3) is 11.1 Å². The Kier molecular flexibility index (Phi) is 6.23. The fourth-order valence-electron chi connectivity index (χ4n) is 4.72. The Morgan fingerprint density at radius 3 is 2.34 bits per heavy atom. The number of aromatic nitrogens is 1. The molecule has 1 saturated heterocycles. The van der Waals surface area contributed by atoms with Crippen molar-refractivity contribution in [3.05, 3.63) is 70.7 Å². The Morgan fingerprint density at radius 2 is 1.74 bits per heavy atom. The summed E-state index contributed by atoms with van der Waals surface area (Å²) in [7, 11) is 1.43. The highest BCUT2D eigenvalue weighted by Crippen LogP contribution is 2.44. The maximum atomic E-state index is 12.8. The molecule has 1 aromatic heterocycles. The first-order valence-corrected chi connectivity index (χ1v) is 11.9. The summed E-state index contributed by atoms with van der Waals surface area (Å²) in [6, 6.07) is 16.1. The molecule has 1 aliphatic heterocycles. The molecule has 9 nitrogen and oxygen atoms in total. The third-order valence-corrected chi connectivity index (χ3v) is 7.34. The summed E-state index contributed by atoms with van der Waals surface area (Å²) < 4.78 is 10.7. The van der Waals surface area contributed by atoms with Crippen LogP contribution in [0.5, 0.6) is 0 Å². The number of thiazole rings is 1. The number of carbonyl (C=O) groups excluding carboxylic acids is 2. The largest absolute Gasteiger partial charge is 0.481 e. The number of nitrogens with zero attached hydrogens (tertiary/aromatic N) is 2. The van der Waals surface area contributed by atoms with Crippen molar-refractivity contribution in [2.75, 3.05) is 32.1 Å². The topological polar surface area (TPSA) is 118 Å². The van der Waals surface area contributed by atoms with Crippen molar-refractivity contribution in [1.82, 2.24) is 9.88 Å². The number of amides is 2. The van der Waals surface area contributed by atoms with Gasteiger partial charge in [0.25, 0.3) is 5.91 Å². The van der Waals surface area contributed by atoms with E-state index in [9.17, 15) is 19.5 Å². The van der Waals surface area contributed by atoms with Gasteiger partial charge in [0.2, 0.25) is 0 Å². The second-order valence-electron chi connectivity index (χ2n) is 8.41. The Morgan fingerprint density at radius 1 is 1.09 bits per heavy atom. The maximum absolute atomic E-state index is 12.8. The molecule has 2 N–H and O–H groups in total. The number of methoxy groups -OCH3 is 1. The van der Waals surface area contributed by atoms with Gasteiger partial charge in [-0.15, -0.1) is 0 Å². The Labute approximate surface area is 205 Å². The van der Waals surface area contributed by atoms with E-state index in [1.807, 2.05) is 36.4 Å². The van der Waals surface area contributed by atoms with Gasteiger partial charge >= 0.3 is 12.1 Å². The molecule has 180 valence electrons. The summed E-state index contributed by atoms with van der Waals surface area (Å²) in [6.07, 6.45) is 0.136. The van der Waals surface area contributed by atoms with E-state index in [4.69, 9.17) is 9.47 Å². The molecule has 1 aliphatic carbocycles. The number of aliphatic carboxylic acids is 1. The van der Waals surface area contributed by atoms with Crippen molar-refractivity contribution in [3.8, 4) is 11.1 Å². The summed E-state index contributed by atoms with van der Waals surface area (Å²) in [5.74, 6) is -2.20. The SMILES string of the molecule is COC1CN(C(=O)c2cnc(NC(=O)OCC3c4ccccc4-c4ccccc43)s2)CC1C(=O)O. The summed E-state index contributed by atoms with van der Waals surface area (Å²) in [5.41, 5.74) is 4.51. The van der Waals surface area contributed by atoms with Crippen LogP contribution in [0.4, 0.5) is 9.93 Å². The molecular weight excluding hydrogens is 470 g/mol. The number of rotatable bonds is 6. The Bertz CT molecular complexity index is 1250. The second kappa shape index (κ2) is 9.47. The predicted molar refractivity (Wildman–Crippen MR) is 129 cm³/mol. The van der Waals surface area contributed by atoms with Crippen LogP contribution in [0.15, 0.2) is 54.7 Å². The van der Waals surface area contributed by atoms with Crippen molar-refractivity contribution in [1.29, 1.82) is 0 Å². The van der Waals surface area contributed by atoms with Crippen LogP contribution in [0, 0.1) is 5.92 Å². The number of benzene rings is 2. The third kappa shape index (κ3) is 4.38. The number of carbonyl (C=O) groups is 3. The number of hydrogen-bond acceptors (Lipinski definition) is 7. The average molecular weight is 494 g/mol. The number of carboxylic acid groups (broad SMARTS) is 1. The quantitative estimate of drug-likeness (QED) is 0.538. The van der Waals surface area contributed by atoms with Gasteiger partial charge < -0.3 is 19.5 Å². The lowest BCUT2D eigenvalue weighted by atomic mass is 9.98. The lowest BCUT2D eigenvalue weighted by Gasteiger charge is -2.14. The zero-order valence-electron chi connectivity index (χ0n) is 18.8. The van der Waals surface area contributed by atoms with Gasteiger partial charge in [-0.05, 0) is 22.3 Å². The summed E-state index contributed by atoms with van der Waals surface area (Å²) in [5, 5.41) is 12.1. The minimum atomic E-state index is -1.01. The third-order valence-electron chi connectivity index (χ3n) is 6.44. The van der Waals surface area contributed by atoms with E-state index in [2.05, 4.69) is 22.4 Å².